The van der Waals surface area contributed by atoms with Gasteiger partial charge < -0.3 is 10.5 Å². The molecule has 64 valence electrons. The summed E-state index contributed by atoms with van der Waals surface area (Å²) in [5, 5.41) is 0. The zero-order chi connectivity index (χ0) is 9.02. The van der Waals surface area contributed by atoms with Gasteiger partial charge in [0, 0.05) is 7.11 Å². The lowest BCUT2D eigenvalue weighted by atomic mass is 10.0. The molecule has 0 saturated carbocycles. The van der Waals surface area contributed by atoms with Crippen LogP contribution in [-0.2, 0) is 14.3 Å². The second kappa shape index (κ2) is 4.08. The third kappa shape index (κ3) is 2.67. The number of nitrogens with two attached hydrogens (primary N) is 1. The molecule has 0 heterocycles. The molecular formula is C7H13NO3. The quantitative estimate of drug-likeness (QED) is 0.573. The van der Waals surface area contributed by atoms with E-state index in [1.54, 1.807) is 13.8 Å². The molecule has 1 atom stereocenters. The molecule has 0 saturated heterocycles. The third-order valence-corrected chi connectivity index (χ3v) is 1.36. The Morgan fingerprint density at radius 2 is 1.82 bits per heavy atom. The Morgan fingerprint density at radius 3 is 1.91 bits per heavy atom. The zero-order valence-electron chi connectivity index (χ0n) is 6.96. The molecule has 1 amide bonds. The predicted molar refractivity (Wildman–Crippen MR) is 39.8 cm³/mol. The number of primary amides is 1. The van der Waals surface area contributed by atoms with Crippen LogP contribution in [0.4, 0.5) is 0 Å². The number of carbonyl (C=O) groups excluding carboxylic acids is 2. The van der Waals surface area contributed by atoms with Gasteiger partial charge >= 0.3 is 0 Å². The first kappa shape index (κ1) is 10.1. The molecule has 0 aliphatic carbocycles. The number of rotatable bonds is 4. The Bertz CT molecular complexity index is 165. The average Bonchev–Trinajstić information content (AvgIpc) is 1.88. The summed E-state index contributed by atoms with van der Waals surface area (Å²) in [4.78, 5) is 21.3. The van der Waals surface area contributed by atoms with E-state index in [-0.39, 0.29) is 5.92 Å². The molecule has 0 spiro atoms. The lowest BCUT2D eigenvalue weighted by Crippen LogP contribution is -2.38. The van der Waals surface area contributed by atoms with Crippen LogP contribution in [-0.4, -0.2) is 24.9 Å². The minimum atomic E-state index is -0.939. The molecule has 0 fully saturated rings. The Hall–Kier alpha value is -0.900. The molecule has 2 N–H and O–H groups in total. The van der Waals surface area contributed by atoms with Gasteiger partial charge in [-0.2, -0.15) is 0 Å². The summed E-state index contributed by atoms with van der Waals surface area (Å²) in [6, 6.07) is 0. The second-order valence-corrected chi connectivity index (χ2v) is 2.63. The van der Waals surface area contributed by atoms with E-state index >= 15 is 0 Å². The van der Waals surface area contributed by atoms with Crippen molar-refractivity contribution in [1.82, 2.24) is 0 Å². The van der Waals surface area contributed by atoms with E-state index in [0.717, 1.165) is 0 Å². The van der Waals surface area contributed by atoms with Crippen molar-refractivity contribution in [3.05, 3.63) is 0 Å². The summed E-state index contributed by atoms with van der Waals surface area (Å²) >= 11 is 0. The van der Waals surface area contributed by atoms with Gasteiger partial charge in [0.15, 0.2) is 0 Å². The Labute approximate surface area is 65.7 Å². The Balaban J connectivity index is 4.26. The molecule has 0 rings (SSSR count). The fourth-order valence-electron chi connectivity index (χ4n) is 0.822. The van der Waals surface area contributed by atoms with Gasteiger partial charge in [0.1, 0.15) is 6.10 Å². The van der Waals surface area contributed by atoms with Gasteiger partial charge in [-0.15, -0.1) is 0 Å². The molecule has 1 unspecified atom stereocenters. The van der Waals surface area contributed by atoms with Crippen LogP contribution in [0.1, 0.15) is 13.8 Å². The number of Topliss-reactive ketones (excluding diaryl/α,β-unsaturated/α-hetero) is 1. The number of ether oxygens (including phenoxy) is 1. The van der Waals surface area contributed by atoms with Crippen LogP contribution in [0.3, 0.4) is 0 Å². The van der Waals surface area contributed by atoms with Crippen LogP contribution < -0.4 is 5.73 Å². The number of amides is 1. The molecule has 11 heavy (non-hydrogen) atoms. The minimum absolute atomic E-state index is 0.0278. The molecule has 0 aliphatic rings. The van der Waals surface area contributed by atoms with Crippen LogP contribution in [0.5, 0.6) is 0 Å². The fourth-order valence-corrected chi connectivity index (χ4v) is 0.822. The normalized spacial score (nSPS) is 13.1. The molecule has 0 radical (unpaired) electrons. The lowest BCUT2D eigenvalue weighted by molar-refractivity contribution is -0.143. The van der Waals surface area contributed by atoms with Gasteiger partial charge in [0.2, 0.25) is 5.78 Å². The molecule has 0 aliphatic heterocycles. The van der Waals surface area contributed by atoms with E-state index in [2.05, 4.69) is 0 Å². The smallest absolute Gasteiger partial charge is 0.287 e. The average molecular weight is 159 g/mol. The SMILES string of the molecule is COC(C(=O)C(N)=O)C(C)C. The Kier molecular flexibility index (Phi) is 3.74. The van der Waals surface area contributed by atoms with Crippen molar-refractivity contribution in [2.75, 3.05) is 7.11 Å². The van der Waals surface area contributed by atoms with Crippen molar-refractivity contribution < 1.29 is 14.3 Å². The number of methoxy groups -OCH3 is 1. The fraction of sp³-hybridized carbons (Fsp3) is 0.714. The molecule has 0 bridgehead atoms. The summed E-state index contributed by atoms with van der Waals surface area (Å²) in [6.07, 6.45) is -0.701. The molecule has 4 nitrogen and oxygen atoms in total. The molecule has 0 aromatic carbocycles. The minimum Gasteiger partial charge on any atom is -0.373 e. The second-order valence-electron chi connectivity index (χ2n) is 2.63. The standard InChI is InChI=1S/C7H13NO3/c1-4(2)6(11-3)5(9)7(8)10/h4,6H,1-3H3,(H2,8,10). The van der Waals surface area contributed by atoms with Crippen molar-refractivity contribution in [3.63, 3.8) is 0 Å². The van der Waals surface area contributed by atoms with Gasteiger partial charge in [-0.1, -0.05) is 13.8 Å². The van der Waals surface area contributed by atoms with Gasteiger partial charge in [-0.25, -0.2) is 0 Å². The first-order chi connectivity index (χ1) is 5.00. The van der Waals surface area contributed by atoms with Crippen molar-refractivity contribution in [2.45, 2.75) is 20.0 Å². The highest BCUT2D eigenvalue weighted by molar-refractivity contribution is 6.37. The van der Waals surface area contributed by atoms with Crippen molar-refractivity contribution in [2.24, 2.45) is 11.7 Å². The zero-order valence-corrected chi connectivity index (χ0v) is 6.96. The van der Waals surface area contributed by atoms with Crippen LogP contribution >= 0.6 is 0 Å². The monoisotopic (exact) mass is 159 g/mol. The van der Waals surface area contributed by atoms with Crippen LogP contribution in [0.2, 0.25) is 0 Å². The van der Waals surface area contributed by atoms with E-state index in [4.69, 9.17) is 10.5 Å². The van der Waals surface area contributed by atoms with E-state index in [1.807, 2.05) is 0 Å². The summed E-state index contributed by atoms with van der Waals surface area (Å²) in [5.74, 6) is -1.63. The number of ketones is 1. The van der Waals surface area contributed by atoms with Gasteiger partial charge in [0.05, 0.1) is 0 Å². The molecular weight excluding hydrogens is 146 g/mol. The highest BCUT2D eigenvalue weighted by Gasteiger charge is 2.25. The first-order valence-electron chi connectivity index (χ1n) is 3.37. The maximum absolute atomic E-state index is 10.9. The van der Waals surface area contributed by atoms with E-state index in [9.17, 15) is 9.59 Å². The lowest BCUT2D eigenvalue weighted by Gasteiger charge is -2.15. The topological polar surface area (TPSA) is 69.4 Å². The van der Waals surface area contributed by atoms with Crippen molar-refractivity contribution in [3.8, 4) is 0 Å². The van der Waals surface area contributed by atoms with Crippen LogP contribution in [0, 0.1) is 5.92 Å². The number of carbonyl (C=O) groups is 2. The molecule has 0 aromatic rings. The van der Waals surface area contributed by atoms with Gasteiger partial charge in [-0.3, -0.25) is 9.59 Å². The maximum atomic E-state index is 10.9. The summed E-state index contributed by atoms with van der Waals surface area (Å²) < 4.78 is 4.78. The maximum Gasteiger partial charge on any atom is 0.287 e. The molecule has 0 aromatic heterocycles. The third-order valence-electron chi connectivity index (χ3n) is 1.36. The van der Waals surface area contributed by atoms with E-state index < -0.39 is 17.8 Å². The largest absolute Gasteiger partial charge is 0.373 e. The van der Waals surface area contributed by atoms with Gasteiger partial charge in [-0.05, 0) is 5.92 Å². The summed E-state index contributed by atoms with van der Waals surface area (Å²) in [7, 11) is 1.38. The Morgan fingerprint density at radius 1 is 1.36 bits per heavy atom. The summed E-state index contributed by atoms with van der Waals surface area (Å²) in [5.41, 5.74) is 4.78. The molecule has 4 heteroatoms. The van der Waals surface area contributed by atoms with Crippen LogP contribution in [0.15, 0.2) is 0 Å². The van der Waals surface area contributed by atoms with Crippen molar-refractivity contribution >= 4 is 11.7 Å². The van der Waals surface area contributed by atoms with E-state index in [1.165, 1.54) is 7.11 Å². The van der Waals surface area contributed by atoms with Gasteiger partial charge in [0.25, 0.3) is 5.91 Å². The van der Waals surface area contributed by atoms with Crippen molar-refractivity contribution in [1.29, 1.82) is 0 Å². The highest BCUT2D eigenvalue weighted by atomic mass is 16.5. The predicted octanol–water partition coefficient (Wildman–Crippen LogP) is -0.288. The number of hydrogen-bond donors (Lipinski definition) is 1. The van der Waals surface area contributed by atoms with Crippen LogP contribution in [0.25, 0.3) is 0 Å². The number of hydrogen-bond acceptors (Lipinski definition) is 3. The van der Waals surface area contributed by atoms with E-state index in [0.29, 0.717) is 0 Å². The first-order valence-corrected chi connectivity index (χ1v) is 3.37. The summed E-state index contributed by atoms with van der Waals surface area (Å²) in [6.45, 7) is 3.57. The highest BCUT2D eigenvalue weighted by Crippen LogP contribution is 2.05.